The van der Waals surface area contributed by atoms with E-state index in [1.54, 1.807) is 0 Å². The van der Waals surface area contributed by atoms with Crippen molar-refractivity contribution in [2.24, 2.45) is 0 Å². The number of methoxy groups -OCH3 is 1. The van der Waals surface area contributed by atoms with E-state index in [4.69, 9.17) is 9.15 Å². The van der Waals surface area contributed by atoms with Gasteiger partial charge in [0.05, 0.1) is 7.11 Å². The number of carbonyl (C=O) groups excluding carboxylic acids is 1. The monoisotopic (exact) mass is 327 g/mol. The van der Waals surface area contributed by atoms with Gasteiger partial charge in [-0.1, -0.05) is 39.0 Å². The molecule has 0 saturated carbocycles. The summed E-state index contributed by atoms with van der Waals surface area (Å²) in [5.41, 5.74) is 1.67. The lowest BCUT2D eigenvalue weighted by Gasteiger charge is -2.18. The molecular weight excluding hydrogens is 306 g/mol. The molecule has 0 aliphatic rings. The van der Waals surface area contributed by atoms with E-state index in [0.29, 0.717) is 18.2 Å². The number of esters is 1. The van der Waals surface area contributed by atoms with Crippen LogP contribution in [0.25, 0.3) is 22.5 Å². The van der Waals surface area contributed by atoms with Gasteiger partial charge in [-0.25, -0.2) is 4.79 Å². The van der Waals surface area contributed by atoms with Gasteiger partial charge < -0.3 is 13.7 Å². The fourth-order valence-corrected chi connectivity index (χ4v) is 2.84. The van der Waals surface area contributed by atoms with Gasteiger partial charge in [0.1, 0.15) is 11.7 Å². The number of ether oxygens (including phenoxy) is 1. The zero-order valence-electron chi connectivity index (χ0n) is 14.3. The first kappa shape index (κ1) is 16.2. The number of benzene rings is 1. The van der Waals surface area contributed by atoms with Crippen LogP contribution in [0.1, 0.15) is 45.0 Å². The van der Waals surface area contributed by atoms with Crippen LogP contribution in [0.5, 0.6) is 0 Å². The van der Waals surface area contributed by atoms with Crippen LogP contribution in [0.4, 0.5) is 0 Å². The van der Waals surface area contributed by atoms with Gasteiger partial charge in [0.2, 0.25) is 5.89 Å². The molecule has 0 radical (unpaired) electrons. The van der Waals surface area contributed by atoms with Gasteiger partial charge in [-0.05, 0) is 18.6 Å². The predicted molar refractivity (Wildman–Crippen MR) is 90.7 cm³/mol. The predicted octanol–water partition coefficient (Wildman–Crippen LogP) is 3.94. The van der Waals surface area contributed by atoms with Crippen LogP contribution >= 0.6 is 0 Å². The molecule has 1 aromatic carbocycles. The van der Waals surface area contributed by atoms with E-state index < -0.39 is 6.04 Å². The highest BCUT2D eigenvalue weighted by Crippen LogP contribution is 2.33. The first-order valence-electron chi connectivity index (χ1n) is 8.08. The van der Waals surface area contributed by atoms with Crippen molar-refractivity contribution in [3.63, 3.8) is 0 Å². The minimum atomic E-state index is -0.445. The van der Waals surface area contributed by atoms with E-state index in [1.165, 1.54) is 7.11 Å². The van der Waals surface area contributed by atoms with Crippen molar-refractivity contribution in [1.82, 2.24) is 14.8 Å². The summed E-state index contributed by atoms with van der Waals surface area (Å²) in [5, 5.41) is 9.30. The van der Waals surface area contributed by atoms with E-state index in [0.717, 1.165) is 16.6 Å². The lowest BCUT2D eigenvalue weighted by atomic mass is 10.2. The number of para-hydroxylation sites is 1. The Morgan fingerprint density at radius 3 is 2.67 bits per heavy atom. The lowest BCUT2D eigenvalue weighted by Crippen LogP contribution is -2.20. The number of fused-ring (bicyclic) bond motifs is 1. The fourth-order valence-electron chi connectivity index (χ4n) is 2.84. The zero-order chi connectivity index (χ0) is 17.3. The maximum atomic E-state index is 12.3. The summed E-state index contributed by atoms with van der Waals surface area (Å²) < 4.78 is 12.7. The minimum Gasteiger partial charge on any atom is -0.467 e. The van der Waals surface area contributed by atoms with Gasteiger partial charge in [0, 0.05) is 16.8 Å². The lowest BCUT2D eigenvalue weighted by molar-refractivity contribution is -0.144. The second-order valence-electron chi connectivity index (χ2n) is 6.01. The van der Waals surface area contributed by atoms with Gasteiger partial charge in [-0.15, -0.1) is 10.2 Å². The molecule has 0 bridgehead atoms. The van der Waals surface area contributed by atoms with Crippen LogP contribution in [-0.4, -0.2) is 27.8 Å². The number of aromatic nitrogens is 3. The Morgan fingerprint density at radius 2 is 2.04 bits per heavy atom. The van der Waals surface area contributed by atoms with Crippen molar-refractivity contribution >= 4 is 16.9 Å². The van der Waals surface area contributed by atoms with Gasteiger partial charge in [-0.3, -0.25) is 0 Å². The third-order valence-electron chi connectivity index (χ3n) is 4.07. The summed E-state index contributed by atoms with van der Waals surface area (Å²) in [6.07, 6.45) is 0.601. The van der Waals surface area contributed by atoms with Crippen molar-refractivity contribution < 1.29 is 13.9 Å². The van der Waals surface area contributed by atoms with Crippen molar-refractivity contribution in [2.45, 2.75) is 39.2 Å². The molecule has 0 N–H and O–H groups in total. The Morgan fingerprint density at radius 1 is 1.29 bits per heavy atom. The number of rotatable bonds is 5. The molecule has 24 heavy (non-hydrogen) atoms. The second kappa shape index (κ2) is 6.47. The van der Waals surface area contributed by atoms with Gasteiger partial charge >= 0.3 is 5.97 Å². The average molecular weight is 327 g/mol. The summed E-state index contributed by atoms with van der Waals surface area (Å²) in [6.45, 7) is 5.94. The molecule has 0 fully saturated rings. The summed E-state index contributed by atoms with van der Waals surface area (Å²) in [7, 11) is 1.40. The maximum Gasteiger partial charge on any atom is 0.328 e. The number of hydrogen-bond donors (Lipinski definition) is 0. The standard InChI is InChI=1S/C18H21N3O3/c1-5-13(18(22)23-4)21-14-9-7-6-8-12(14)10-15(21)17-20-19-16(24-17)11(2)3/h6-11,13H,5H2,1-4H3. The number of nitrogens with zero attached hydrogens (tertiary/aromatic N) is 3. The first-order valence-corrected chi connectivity index (χ1v) is 8.08. The van der Waals surface area contributed by atoms with Gasteiger partial charge in [0.25, 0.3) is 5.89 Å². The molecule has 2 heterocycles. The van der Waals surface area contributed by atoms with Crippen molar-refractivity contribution in [3.8, 4) is 11.6 Å². The van der Waals surface area contributed by atoms with E-state index in [2.05, 4.69) is 10.2 Å². The highest BCUT2D eigenvalue weighted by Gasteiger charge is 2.26. The fraction of sp³-hybridized carbons (Fsp3) is 0.389. The molecule has 1 unspecified atom stereocenters. The summed E-state index contributed by atoms with van der Waals surface area (Å²) in [6, 6.07) is 9.41. The topological polar surface area (TPSA) is 70.2 Å². The van der Waals surface area contributed by atoms with E-state index in [1.807, 2.05) is 55.7 Å². The van der Waals surface area contributed by atoms with Crippen molar-refractivity contribution in [2.75, 3.05) is 7.11 Å². The highest BCUT2D eigenvalue weighted by molar-refractivity contribution is 5.88. The van der Waals surface area contributed by atoms with E-state index in [9.17, 15) is 4.79 Å². The van der Waals surface area contributed by atoms with E-state index in [-0.39, 0.29) is 11.9 Å². The van der Waals surface area contributed by atoms with E-state index >= 15 is 0 Å². The highest BCUT2D eigenvalue weighted by atomic mass is 16.5. The molecular formula is C18H21N3O3. The Kier molecular flexibility index (Phi) is 4.38. The molecule has 0 amide bonds. The Labute approximate surface area is 140 Å². The Balaban J connectivity index is 2.22. The third-order valence-corrected chi connectivity index (χ3v) is 4.07. The normalized spacial score (nSPS) is 12.7. The summed E-state index contributed by atoms with van der Waals surface area (Å²) in [5.74, 6) is 0.848. The summed E-state index contributed by atoms with van der Waals surface area (Å²) >= 11 is 0. The van der Waals surface area contributed by atoms with Crippen LogP contribution in [0.15, 0.2) is 34.7 Å². The first-order chi connectivity index (χ1) is 11.6. The minimum absolute atomic E-state index is 0.145. The molecule has 6 nitrogen and oxygen atoms in total. The molecule has 6 heteroatoms. The van der Waals surface area contributed by atoms with Crippen LogP contribution in [0.2, 0.25) is 0 Å². The van der Waals surface area contributed by atoms with Crippen molar-refractivity contribution in [1.29, 1.82) is 0 Å². The smallest absolute Gasteiger partial charge is 0.328 e. The molecule has 0 spiro atoms. The SMILES string of the molecule is CCC(C(=O)OC)n1c(-c2nnc(C(C)C)o2)cc2ccccc21. The third kappa shape index (κ3) is 2.68. The quantitative estimate of drug-likeness (QED) is 0.664. The van der Waals surface area contributed by atoms with Gasteiger partial charge in [0.15, 0.2) is 0 Å². The van der Waals surface area contributed by atoms with Crippen LogP contribution in [0, 0.1) is 0 Å². The van der Waals surface area contributed by atoms with Crippen molar-refractivity contribution in [3.05, 3.63) is 36.2 Å². The molecule has 3 aromatic rings. The molecule has 0 aliphatic carbocycles. The Bertz CT molecular complexity index is 863. The number of carbonyl (C=O) groups is 1. The van der Waals surface area contributed by atoms with Crippen LogP contribution < -0.4 is 0 Å². The Hall–Kier alpha value is -2.63. The molecule has 126 valence electrons. The molecule has 2 aromatic heterocycles. The zero-order valence-corrected chi connectivity index (χ0v) is 14.3. The molecule has 0 saturated heterocycles. The van der Waals surface area contributed by atoms with Crippen LogP contribution in [0.3, 0.4) is 0 Å². The molecule has 0 aliphatic heterocycles. The molecule has 3 rings (SSSR count). The maximum absolute atomic E-state index is 12.3. The number of hydrogen-bond acceptors (Lipinski definition) is 5. The molecule has 1 atom stereocenters. The van der Waals surface area contributed by atoms with Gasteiger partial charge in [-0.2, -0.15) is 0 Å². The summed E-state index contributed by atoms with van der Waals surface area (Å²) in [4.78, 5) is 12.3. The second-order valence-corrected chi connectivity index (χ2v) is 6.01. The average Bonchev–Trinajstić information content (AvgIpc) is 3.20. The van der Waals surface area contributed by atoms with Crippen LogP contribution in [-0.2, 0) is 9.53 Å². The largest absolute Gasteiger partial charge is 0.467 e.